The van der Waals surface area contributed by atoms with Crippen LogP contribution in [-0.2, 0) is 62.2 Å². The smallest absolute Gasteiger partial charge is 0.345 e. The fraction of sp³-hybridized carbons (Fsp3) is 0.881. The number of carboxylic acid groups (broad SMARTS) is 3. The molecule has 0 bridgehead atoms. The van der Waals surface area contributed by atoms with Gasteiger partial charge in [-0.25, -0.2) is 9.59 Å². The molecule has 0 saturated carbocycles. The Labute approximate surface area is 679 Å². The molecule has 10 N–H and O–H groups in total. The predicted octanol–water partition coefficient (Wildman–Crippen LogP) is 18.7. The molecular formula is C84H168Cl2N6O18. The lowest BCUT2D eigenvalue weighted by Gasteiger charge is -2.13. The van der Waals surface area contributed by atoms with Crippen molar-refractivity contribution >= 4 is 82.4 Å². The molecule has 1 rings (SSSR count). The molecule has 1 heterocycles. The number of amides is 5. The highest BCUT2D eigenvalue weighted by Crippen LogP contribution is 2.17. The Morgan fingerprint density at radius 1 is 0.400 bits per heavy atom. The van der Waals surface area contributed by atoms with E-state index in [4.69, 9.17) is 53.6 Å². The van der Waals surface area contributed by atoms with E-state index in [1.807, 2.05) is 0 Å². The SMILES string of the molecule is C.C.CCCCCCCCCCCCCCCCNC(=O)CCC(=O)O.CCCCCCCCCCCCCCCCNC(=O)CCC(=O)O[C@@H](CCCNC)C(=O)O.CCCCCCCCCCCCCCCCNC(=O)CCC(C)=O.CNCCC[C@H](O)C(=O)O.COCCOC.ClCCl.O=C1CCC(=O)N1O. The molecule has 656 valence electrons. The summed E-state index contributed by atoms with van der Waals surface area (Å²) >= 11 is 9.53. The minimum atomic E-state index is -1.20. The number of hydrogen-bond acceptors (Lipinski definition) is 17. The number of Topliss-reactive ketones (excluding diaryl/α,β-unsaturated/α-hetero) is 1. The van der Waals surface area contributed by atoms with Crippen LogP contribution >= 0.6 is 23.2 Å². The third-order valence-corrected chi connectivity index (χ3v) is 17.5. The number of carboxylic acids is 3. The number of aliphatic hydroxyl groups is 1. The first-order valence-electron chi connectivity index (χ1n) is 41.8. The number of carbonyl (C=O) groups is 10. The number of ketones is 1. The largest absolute Gasteiger partial charge is 0.481 e. The third-order valence-electron chi connectivity index (χ3n) is 17.5. The lowest BCUT2D eigenvalue weighted by molar-refractivity contribution is -0.171. The van der Waals surface area contributed by atoms with Crippen LogP contribution in [0.15, 0.2) is 0 Å². The van der Waals surface area contributed by atoms with Crippen LogP contribution in [0.2, 0.25) is 0 Å². The molecule has 0 aliphatic carbocycles. The summed E-state index contributed by atoms with van der Waals surface area (Å²) in [6, 6.07) is 0. The summed E-state index contributed by atoms with van der Waals surface area (Å²) in [7, 11) is 6.87. The number of hydrogen-bond donors (Lipinski definition) is 10. The maximum absolute atomic E-state index is 11.9. The van der Waals surface area contributed by atoms with E-state index in [-0.39, 0.29) is 93.7 Å². The van der Waals surface area contributed by atoms with Crippen molar-refractivity contribution in [3.8, 4) is 0 Å². The second-order valence-electron chi connectivity index (χ2n) is 27.8. The average Bonchev–Trinajstić information content (AvgIpc) is 1.73. The molecule has 1 aliphatic heterocycles. The van der Waals surface area contributed by atoms with Gasteiger partial charge in [0, 0.05) is 72.4 Å². The average molecular weight is 1620 g/mol. The van der Waals surface area contributed by atoms with Gasteiger partial charge in [0.15, 0.2) is 12.2 Å². The molecule has 1 fully saturated rings. The second-order valence-corrected chi connectivity index (χ2v) is 28.6. The number of imide groups is 1. The predicted molar refractivity (Wildman–Crippen MR) is 450 cm³/mol. The molecule has 0 radical (unpaired) electrons. The Bertz CT molecular complexity index is 1980. The normalized spacial score (nSPS) is 11.5. The van der Waals surface area contributed by atoms with E-state index in [0.29, 0.717) is 65.0 Å². The molecule has 0 aromatic heterocycles. The number of nitrogens with one attached hydrogen (secondary N) is 5. The number of aliphatic hydroxyl groups excluding tert-OH is 1. The summed E-state index contributed by atoms with van der Waals surface area (Å²) in [6.45, 7) is 13.2. The van der Waals surface area contributed by atoms with Crippen molar-refractivity contribution in [1.29, 1.82) is 0 Å². The fourth-order valence-corrected chi connectivity index (χ4v) is 10.9. The van der Waals surface area contributed by atoms with Crippen molar-refractivity contribution in [3.63, 3.8) is 0 Å². The number of methoxy groups -OCH3 is 2. The zero-order valence-corrected chi connectivity index (χ0v) is 70.8. The van der Waals surface area contributed by atoms with Crippen LogP contribution in [-0.4, -0.2) is 182 Å². The van der Waals surface area contributed by atoms with Gasteiger partial charge in [-0.05, 0) is 79.1 Å². The number of rotatable bonds is 68. The Kier molecular flexibility index (Phi) is 113. The third kappa shape index (κ3) is 110. The zero-order valence-electron chi connectivity index (χ0n) is 69.2. The maximum Gasteiger partial charge on any atom is 0.345 e. The molecule has 26 heteroatoms. The van der Waals surface area contributed by atoms with Gasteiger partial charge < -0.3 is 66.0 Å². The van der Waals surface area contributed by atoms with Crippen LogP contribution in [0.1, 0.15) is 389 Å². The molecule has 0 aromatic rings. The summed E-state index contributed by atoms with van der Waals surface area (Å²) in [6.07, 6.45) is 56.0. The molecule has 2 atom stereocenters. The maximum atomic E-state index is 11.9. The van der Waals surface area contributed by atoms with Crippen LogP contribution in [0.3, 0.4) is 0 Å². The number of nitrogens with zero attached hydrogens (tertiary/aromatic N) is 1. The molecule has 0 aromatic carbocycles. The molecule has 0 unspecified atom stereocenters. The van der Waals surface area contributed by atoms with Crippen LogP contribution in [0.5, 0.6) is 0 Å². The minimum Gasteiger partial charge on any atom is -0.481 e. The van der Waals surface area contributed by atoms with Crippen molar-refractivity contribution in [2.45, 2.75) is 401 Å². The molecular weight excluding hydrogens is 1450 g/mol. The van der Waals surface area contributed by atoms with E-state index >= 15 is 0 Å². The Morgan fingerprint density at radius 2 is 0.664 bits per heavy atom. The number of esters is 1. The van der Waals surface area contributed by atoms with Crippen LogP contribution in [0.25, 0.3) is 0 Å². The highest BCUT2D eigenvalue weighted by Gasteiger charge is 2.27. The van der Waals surface area contributed by atoms with Gasteiger partial charge >= 0.3 is 23.9 Å². The minimum absolute atomic E-state index is 0. The van der Waals surface area contributed by atoms with E-state index in [2.05, 4.69) is 56.8 Å². The first-order valence-corrected chi connectivity index (χ1v) is 42.9. The fourth-order valence-electron chi connectivity index (χ4n) is 10.9. The summed E-state index contributed by atoms with van der Waals surface area (Å²) < 4.78 is 14.3. The highest BCUT2D eigenvalue weighted by molar-refractivity contribution is 6.40. The van der Waals surface area contributed by atoms with Gasteiger partial charge in [-0.3, -0.25) is 38.8 Å². The first kappa shape index (κ1) is 121. The molecule has 1 saturated heterocycles. The molecule has 5 amide bonds. The summed E-state index contributed by atoms with van der Waals surface area (Å²) in [4.78, 5) is 109. The number of aliphatic carboxylic acids is 3. The molecule has 110 heavy (non-hydrogen) atoms. The van der Waals surface area contributed by atoms with E-state index in [1.165, 1.54) is 244 Å². The Morgan fingerprint density at radius 3 is 0.891 bits per heavy atom. The Balaban J connectivity index is -0.000000202. The number of unbranched alkanes of at least 4 members (excludes halogenated alkanes) is 39. The topological polar surface area (TPSA) is 363 Å². The van der Waals surface area contributed by atoms with Gasteiger partial charge in [0.25, 0.3) is 11.8 Å². The monoisotopic (exact) mass is 1620 g/mol. The number of alkyl halides is 2. The summed E-state index contributed by atoms with van der Waals surface area (Å²) in [5.41, 5.74) is 0. The van der Waals surface area contributed by atoms with Crippen molar-refractivity contribution < 1.29 is 87.8 Å². The van der Waals surface area contributed by atoms with Crippen LogP contribution in [0, 0.1) is 0 Å². The number of hydroxylamine groups is 2. The van der Waals surface area contributed by atoms with Gasteiger partial charge in [-0.2, -0.15) is 5.06 Å². The van der Waals surface area contributed by atoms with Gasteiger partial charge in [0.1, 0.15) is 5.78 Å². The van der Waals surface area contributed by atoms with Crippen LogP contribution < -0.4 is 26.6 Å². The van der Waals surface area contributed by atoms with Crippen molar-refractivity contribution in [2.75, 3.05) is 79.6 Å². The molecule has 1 aliphatic rings. The van der Waals surface area contributed by atoms with Crippen molar-refractivity contribution in [3.05, 3.63) is 0 Å². The zero-order chi connectivity index (χ0) is 82.0. The quantitative estimate of drug-likeness (QED) is 0.00889. The second kappa shape index (κ2) is 102. The van der Waals surface area contributed by atoms with Gasteiger partial charge in [-0.1, -0.05) is 286 Å². The van der Waals surface area contributed by atoms with Gasteiger partial charge in [0.05, 0.1) is 31.4 Å². The summed E-state index contributed by atoms with van der Waals surface area (Å²) in [5.74, 6) is -5.10. The van der Waals surface area contributed by atoms with Gasteiger partial charge in [0.2, 0.25) is 17.7 Å². The van der Waals surface area contributed by atoms with E-state index < -0.39 is 47.9 Å². The van der Waals surface area contributed by atoms with Crippen LogP contribution in [0.4, 0.5) is 0 Å². The van der Waals surface area contributed by atoms with Crippen molar-refractivity contribution in [2.24, 2.45) is 0 Å². The van der Waals surface area contributed by atoms with E-state index in [1.54, 1.807) is 28.3 Å². The Hall–Kier alpha value is -4.56. The van der Waals surface area contributed by atoms with Gasteiger partial charge in [-0.15, -0.1) is 23.2 Å². The van der Waals surface area contributed by atoms with Crippen molar-refractivity contribution in [1.82, 2.24) is 31.6 Å². The lowest BCUT2D eigenvalue weighted by Crippen LogP contribution is -2.29. The van der Waals surface area contributed by atoms with E-state index in [0.717, 1.165) is 45.2 Å². The standard InChI is InChI=1S/C26H50N2O5.C21H41NO2.C20H39NO3.C6H13NO3.C4H5NO3.C4H10O2.CH2Cl2.2CH4/c1-3-4-5-6-7-8-9-10-11-12-13-14-15-16-22-28-24(29)19-20-25(30)33-23(26(31)32)18-17-21-27-2;1-3-4-5-6-7-8-9-10-11-12-13-14-15-16-19-22-21(24)18-17-20(2)23;1-2-3-4-5-6-7-8-9-10-11-12-13-14-15-18-21-19(22)16-17-20(23)24;1-7-4-2-3-5(8)6(9)10;6-3-1-2-4(7)5(3)8;1-5-3-4-6-2;2-1-3;;/h23,27H,3-22H2,1-2H3,(H,28,29)(H,31,32);3-19H2,1-2H3,(H,22,24);2-18H2,1H3,(H,21,22)(H,23,24);5,7-8H,2-4H2,1H3,(H,9,10);8H,1-2H2;3-4H2,1-2H3;1H2;2*1H4/t23-;;;5-;;;;;/m0..0...../s1. The number of ether oxygens (including phenoxy) is 3. The molecule has 0 spiro atoms. The number of carbonyl (C=O) groups excluding carboxylic acids is 7. The lowest BCUT2D eigenvalue weighted by atomic mass is 10.0. The number of halogens is 2. The van der Waals surface area contributed by atoms with E-state index in [9.17, 15) is 47.9 Å². The highest BCUT2D eigenvalue weighted by atomic mass is 35.5. The first-order chi connectivity index (χ1) is 52.1. The summed E-state index contributed by atoms with van der Waals surface area (Å²) in [5, 5.41) is 57.6. The molecule has 24 nitrogen and oxygen atoms in total.